The number of phosphoric acid groups is 1. The van der Waals surface area contributed by atoms with Gasteiger partial charge < -0.3 is 24.2 Å². The summed E-state index contributed by atoms with van der Waals surface area (Å²) in [6.45, 7) is 1.82. The van der Waals surface area contributed by atoms with Gasteiger partial charge in [-0.1, -0.05) is 70.4 Å². The van der Waals surface area contributed by atoms with Crippen molar-refractivity contribution in [2.75, 3.05) is 6.61 Å². The van der Waals surface area contributed by atoms with Crippen molar-refractivity contribution >= 4 is 13.7 Å². The minimum Gasteiger partial charge on any atom is -0.790 e. The number of hydrogen-bond acceptors (Lipinski definition) is 5. The van der Waals surface area contributed by atoms with E-state index in [1.165, 1.54) is 51.4 Å². The molecule has 0 spiro atoms. The highest BCUT2D eigenvalue weighted by atomic mass is 31.2. The maximum atomic E-state index is 11.9. The van der Waals surface area contributed by atoms with Crippen molar-refractivity contribution in [3.05, 3.63) is 12.2 Å². The third-order valence-corrected chi connectivity index (χ3v) is 5.29. The van der Waals surface area contributed by atoms with Gasteiger partial charge in [-0.3, -0.25) is 4.79 Å². The maximum Gasteiger partial charge on any atom is 0.220 e. The summed E-state index contributed by atoms with van der Waals surface area (Å²) in [7, 11) is -5.06. The van der Waals surface area contributed by atoms with Crippen LogP contribution >= 0.6 is 7.82 Å². The highest BCUT2D eigenvalue weighted by molar-refractivity contribution is 7.43. The van der Waals surface area contributed by atoms with Gasteiger partial charge in [0, 0.05) is 12.8 Å². The minimum atomic E-state index is -5.06. The van der Waals surface area contributed by atoms with Crippen molar-refractivity contribution in [3.8, 4) is 12.3 Å². The molecule has 0 aromatic rings. The number of phosphoric ester groups is 1. The molecule has 1 atom stereocenters. The normalized spacial score (nSPS) is 12.7. The molecule has 0 aliphatic heterocycles. The van der Waals surface area contributed by atoms with E-state index in [9.17, 15) is 19.1 Å². The molecule has 0 aliphatic carbocycles. The molecule has 0 heterocycles. The zero-order chi connectivity index (χ0) is 22.5. The van der Waals surface area contributed by atoms with Crippen LogP contribution in [-0.2, 0) is 13.9 Å². The number of terminal acetylenes is 1. The average molecular weight is 442 g/mol. The van der Waals surface area contributed by atoms with E-state index >= 15 is 0 Å². The van der Waals surface area contributed by atoms with Gasteiger partial charge in [-0.15, -0.1) is 12.3 Å². The third kappa shape index (κ3) is 21.6. The second-order valence-electron chi connectivity index (χ2n) is 7.75. The number of rotatable bonds is 20. The van der Waals surface area contributed by atoms with Crippen LogP contribution in [0.1, 0.15) is 103 Å². The minimum absolute atomic E-state index is 0.109. The summed E-state index contributed by atoms with van der Waals surface area (Å²) in [6.07, 6.45) is 25.7. The van der Waals surface area contributed by atoms with E-state index in [0.717, 1.165) is 32.1 Å². The number of carbonyl (C=O) groups is 1. The highest BCUT2D eigenvalue weighted by Crippen LogP contribution is 2.24. The lowest BCUT2D eigenvalue weighted by atomic mass is 10.1. The van der Waals surface area contributed by atoms with Gasteiger partial charge in [-0.05, 0) is 32.1 Å². The van der Waals surface area contributed by atoms with Crippen molar-refractivity contribution in [1.29, 1.82) is 0 Å². The molecule has 0 saturated heterocycles. The van der Waals surface area contributed by atoms with Crippen molar-refractivity contribution in [1.82, 2.24) is 5.32 Å². The van der Waals surface area contributed by atoms with Crippen molar-refractivity contribution in [2.45, 2.75) is 109 Å². The van der Waals surface area contributed by atoms with Crippen LogP contribution < -0.4 is 15.1 Å². The van der Waals surface area contributed by atoms with Crippen molar-refractivity contribution < 1.29 is 23.7 Å². The molecule has 0 radical (unpaired) electrons. The molecule has 7 heteroatoms. The van der Waals surface area contributed by atoms with Crippen LogP contribution in [0.25, 0.3) is 0 Å². The first-order valence-electron chi connectivity index (χ1n) is 11.4. The van der Waals surface area contributed by atoms with Gasteiger partial charge >= 0.3 is 0 Å². The molecule has 0 rings (SSSR count). The van der Waals surface area contributed by atoms with Gasteiger partial charge in [-0.25, -0.2) is 0 Å². The van der Waals surface area contributed by atoms with Crippen LogP contribution in [0, 0.1) is 12.3 Å². The van der Waals surface area contributed by atoms with E-state index in [2.05, 4.69) is 34.8 Å². The van der Waals surface area contributed by atoms with Gasteiger partial charge in [0.2, 0.25) is 5.91 Å². The predicted molar refractivity (Wildman–Crippen MR) is 118 cm³/mol. The van der Waals surface area contributed by atoms with Crippen molar-refractivity contribution in [3.63, 3.8) is 0 Å². The van der Waals surface area contributed by atoms with Crippen LogP contribution in [0.3, 0.4) is 0 Å². The van der Waals surface area contributed by atoms with Crippen LogP contribution in [0.15, 0.2) is 12.2 Å². The third-order valence-electron chi connectivity index (χ3n) is 4.83. The number of amides is 1. The monoisotopic (exact) mass is 441 g/mol. The molecular weight excluding hydrogens is 401 g/mol. The molecule has 0 aromatic carbocycles. The Morgan fingerprint density at radius 1 is 1.00 bits per heavy atom. The van der Waals surface area contributed by atoms with E-state index < -0.39 is 20.5 Å². The van der Waals surface area contributed by atoms with Crippen LogP contribution in [0.2, 0.25) is 0 Å². The van der Waals surface area contributed by atoms with Crippen LogP contribution in [0.4, 0.5) is 0 Å². The molecule has 0 unspecified atom stereocenters. The van der Waals surface area contributed by atoms with E-state index in [0.29, 0.717) is 6.42 Å². The molecule has 6 nitrogen and oxygen atoms in total. The lowest BCUT2D eigenvalue weighted by molar-refractivity contribution is -0.342. The molecular formula is C23H40NO5P-2. The van der Waals surface area contributed by atoms with Crippen LogP contribution in [-0.4, -0.2) is 18.6 Å². The Kier molecular flexibility index (Phi) is 19.1. The fraction of sp³-hybridized carbons (Fsp3) is 0.783. The molecule has 0 bridgehead atoms. The smallest absolute Gasteiger partial charge is 0.220 e. The SMILES string of the molecule is C#CC[C@@H](COP(=O)([O-])[O-])NC(=O)CCCCCCC/C=C\CCCCCCCC. The van der Waals surface area contributed by atoms with Gasteiger partial charge in [-0.2, -0.15) is 0 Å². The zero-order valence-corrected chi connectivity index (χ0v) is 19.5. The Balaban J connectivity index is 3.60. The molecule has 1 N–H and O–H groups in total. The summed E-state index contributed by atoms with van der Waals surface area (Å²) in [5.41, 5.74) is 0. The summed E-state index contributed by atoms with van der Waals surface area (Å²) in [6, 6.07) is -0.665. The van der Waals surface area contributed by atoms with Gasteiger partial charge in [0.05, 0.1) is 20.5 Å². The quantitative estimate of drug-likeness (QED) is 0.131. The molecule has 0 fully saturated rings. The Hall–Kier alpha value is -1.12. The fourth-order valence-corrected chi connectivity index (χ4v) is 3.49. The Bertz CT molecular complexity index is 538. The lowest BCUT2D eigenvalue weighted by Crippen LogP contribution is -2.38. The topological polar surface area (TPSA) is 102 Å². The zero-order valence-electron chi connectivity index (χ0n) is 18.6. The Morgan fingerprint density at radius 3 is 2.07 bits per heavy atom. The first-order valence-corrected chi connectivity index (χ1v) is 12.9. The molecule has 0 saturated carbocycles. The van der Waals surface area contributed by atoms with Gasteiger partial charge in [0.1, 0.15) is 0 Å². The number of carbonyl (C=O) groups excluding carboxylic acids is 1. The second kappa shape index (κ2) is 19.8. The molecule has 1 amide bonds. The first-order chi connectivity index (χ1) is 14.4. The molecule has 174 valence electrons. The first kappa shape index (κ1) is 28.9. The Labute approximate surface area is 183 Å². The van der Waals surface area contributed by atoms with Gasteiger partial charge in [0.25, 0.3) is 0 Å². The van der Waals surface area contributed by atoms with Crippen LogP contribution in [0.5, 0.6) is 0 Å². The largest absolute Gasteiger partial charge is 0.790 e. The summed E-state index contributed by atoms with van der Waals surface area (Å²) < 4.78 is 14.7. The van der Waals surface area contributed by atoms with Gasteiger partial charge in [0.15, 0.2) is 0 Å². The van der Waals surface area contributed by atoms with E-state index in [1.54, 1.807) is 0 Å². The number of nitrogens with one attached hydrogen (secondary N) is 1. The predicted octanol–water partition coefficient (Wildman–Crippen LogP) is 4.38. The van der Waals surface area contributed by atoms with Crippen molar-refractivity contribution in [2.24, 2.45) is 0 Å². The summed E-state index contributed by atoms with van der Waals surface area (Å²) in [5, 5.41) is 2.63. The maximum absolute atomic E-state index is 11.9. The lowest BCUT2D eigenvalue weighted by Gasteiger charge is -2.30. The molecule has 30 heavy (non-hydrogen) atoms. The average Bonchev–Trinajstić information content (AvgIpc) is 2.68. The summed E-state index contributed by atoms with van der Waals surface area (Å²) in [4.78, 5) is 33.0. The number of unbranched alkanes of at least 4 members (excludes halogenated alkanes) is 11. The highest BCUT2D eigenvalue weighted by Gasteiger charge is 2.12. The molecule has 0 aromatic heterocycles. The van der Waals surface area contributed by atoms with E-state index in [4.69, 9.17) is 6.42 Å². The van der Waals surface area contributed by atoms with E-state index in [1.807, 2.05) is 0 Å². The Morgan fingerprint density at radius 2 is 1.53 bits per heavy atom. The standard InChI is InChI=1S/C23H42NO5P/c1-3-5-6-7-8-9-10-11-12-13-14-15-16-17-18-20-23(25)24-22(19-4-2)21-29-30(26,27)28/h2,11-12,22H,3,5-10,13-21H2,1H3,(H,24,25)(H2,26,27,28)/p-2/b12-11-/t22-/m0/s1. The van der Waals surface area contributed by atoms with E-state index in [-0.39, 0.29) is 12.3 Å². The second-order valence-corrected chi connectivity index (χ2v) is 8.90. The fourth-order valence-electron chi connectivity index (χ4n) is 3.13. The number of allylic oxidation sites excluding steroid dienone is 2. The summed E-state index contributed by atoms with van der Waals surface area (Å²) in [5.74, 6) is 2.13. The number of hydrogen-bond donors (Lipinski definition) is 1. The molecule has 0 aliphatic rings. The summed E-state index contributed by atoms with van der Waals surface area (Å²) >= 11 is 0.